The Morgan fingerprint density at radius 1 is 1.00 bits per heavy atom. The molecule has 6 nitrogen and oxygen atoms in total. The number of rotatable bonds is 3. The molecule has 1 aromatic rings. The molecule has 5 fully saturated rings. The quantitative estimate of drug-likeness (QED) is 0.347. The van der Waals surface area contributed by atoms with Gasteiger partial charge in [0.25, 0.3) is 5.79 Å². The number of aromatic hydroxyl groups is 1. The van der Waals surface area contributed by atoms with E-state index in [1.54, 1.807) is 6.07 Å². The number of hydrogen-bond acceptors (Lipinski definition) is 6. The zero-order valence-corrected chi connectivity index (χ0v) is 16.9. The summed E-state index contributed by atoms with van der Waals surface area (Å²) in [6.45, 7) is 3.02. The van der Waals surface area contributed by atoms with Gasteiger partial charge in [-0.05, 0) is 79.4 Å². The number of cyclic esters (lactones) is 2. The summed E-state index contributed by atoms with van der Waals surface area (Å²) in [5, 5.41) is 13.3. The SMILES string of the molecule is CC1(C)OC(=O)C(=CNc2cc(C34CC5CC(CC(C5)C3)C4)ccc2O)C(=O)O1. The van der Waals surface area contributed by atoms with Gasteiger partial charge < -0.3 is 19.9 Å². The number of esters is 2. The molecule has 154 valence electrons. The summed E-state index contributed by atoms with van der Waals surface area (Å²) in [5.41, 5.74) is 1.70. The van der Waals surface area contributed by atoms with Gasteiger partial charge in [0.05, 0.1) is 5.69 Å². The second-order valence-electron chi connectivity index (χ2n) is 9.81. The van der Waals surface area contributed by atoms with Crippen LogP contribution in [0.2, 0.25) is 0 Å². The van der Waals surface area contributed by atoms with E-state index in [9.17, 15) is 14.7 Å². The highest BCUT2D eigenvalue weighted by atomic mass is 16.7. The number of hydrogen-bond donors (Lipinski definition) is 2. The van der Waals surface area contributed by atoms with Crippen LogP contribution in [-0.2, 0) is 24.5 Å². The number of phenols is 1. The maximum Gasteiger partial charge on any atom is 0.350 e. The van der Waals surface area contributed by atoms with E-state index in [0.29, 0.717) is 5.69 Å². The van der Waals surface area contributed by atoms with Gasteiger partial charge in [0.1, 0.15) is 5.75 Å². The van der Waals surface area contributed by atoms with Crippen molar-refractivity contribution in [2.24, 2.45) is 17.8 Å². The number of carbonyl (C=O) groups excluding carboxylic acids is 2. The summed E-state index contributed by atoms with van der Waals surface area (Å²) in [6, 6.07) is 5.71. The standard InChI is InChI=1S/C23H27NO5/c1-22(2)28-20(26)17(21(27)29-22)12-24-18-8-16(3-4-19(18)25)23-9-13-5-14(10-23)7-15(6-13)11-23/h3-4,8,12-15,24-25H,5-7,9-11H2,1-2H3. The Labute approximate surface area is 170 Å². The average molecular weight is 397 g/mol. The van der Waals surface area contributed by atoms with Crippen LogP contribution in [0.1, 0.15) is 57.9 Å². The van der Waals surface area contributed by atoms with Crippen molar-refractivity contribution in [1.82, 2.24) is 0 Å². The van der Waals surface area contributed by atoms with Crippen molar-refractivity contribution in [3.05, 3.63) is 35.5 Å². The fraction of sp³-hybridized carbons (Fsp3) is 0.565. The molecule has 1 saturated heterocycles. The highest BCUT2D eigenvalue weighted by Gasteiger charge is 2.51. The molecular weight excluding hydrogens is 370 g/mol. The van der Waals surface area contributed by atoms with E-state index in [1.165, 1.54) is 64.1 Å². The van der Waals surface area contributed by atoms with Gasteiger partial charge in [-0.15, -0.1) is 0 Å². The van der Waals surface area contributed by atoms with Crippen LogP contribution in [0.5, 0.6) is 5.75 Å². The van der Waals surface area contributed by atoms with E-state index in [-0.39, 0.29) is 16.7 Å². The van der Waals surface area contributed by atoms with E-state index in [1.807, 2.05) is 12.1 Å². The van der Waals surface area contributed by atoms with Gasteiger partial charge in [0.15, 0.2) is 5.57 Å². The second-order valence-corrected chi connectivity index (χ2v) is 9.81. The van der Waals surface area contributed by atoms with Gasteiger partial charge >= 0.3 is 11.9 Å². The van der Waals surface area contributed by atoms with E-state index in [0.717, 1.165) is 17.8 Å². The van der Waals surface area contributed by atoms with Crippen LogP contribution in [0.3, 0.4) is 0 Å². The third-order valence-corrected chi connectivity index (χ3v) is 7.14. The lowest BCUT2D eigenvalue weighted by atomic mass is 9.48. The molecule has 0 atom stereocenters. The predicted octanol–water partition coefficient (Wildman–Crippen LogP) is 3.99. The molecule has 1 aliphatic heterocycles. The van der Waals surface area contributed by atoms with E-state index in [4.69, 9.17) is 9.47 Å². The van der Waals surface area contributed by atoms with Gasteiger partial charge in [-0.2, -0.15) is 0 Å². The summed E-state index contributed by atoms with van der Waals surface area (Å²) >= 11 is 0. The van der Waals surface area contributed by atoms with Crippen LogP contribution in [0.4, 0.5) is 5.69 Å². The van der Waals surface area contributed by atoms with Crippen LogP contribution >= 0.6 is 0 Å². The third-order valence-electron chi connectivity index (χ3n) is 7.14. The summed E-state index contributed by atoms with van der Waals surface area (Å²) in [7, 11) is 0. The number of phenolic OH excluding ortho intramolecular Hbond substituents is 1. The topological polar surface area (TPSA) is 84.9 Å². The van der Waals surface area contributed by atoms with Crippen molar-refractivity contribution in [3.63, 3.8) is 0 Å². The van der Waals surface area contributed by atoms with E-state index in [2.05, 4.69) is 5.32 Å². The molecule has 0 aromatic heterocycles. The summed E-state index contributed by atoms with van der Waals surface area (Å²) in [5.74, 6) is -0.207. The summed E-state index contributed by atoms with van der Waals surface area (Å²) in [4.78, 5) is 24.3. The first-order chi connectivity index (χ1) is 13.7. The Morgan fingerprint density at radius 2 is 1.55 bits per heavy atom. The summed E-state index contributed by atoms with van der Waals surface area (Å²) in [6.07, 6.45) is 9.03. The van der Waals surface area contributed by atoms with Gasteiger partial charge in [-0.25, -0.2) is 9.59 Å². The third kappa shape index (κ3) is 3.18. The van der Waals surface area contributed by atoms with Gasteiger partial charge in [-0.1, -0.05) is 6.07 Å². The number of benzene rings is 1. The lowest BCUT2D eigenvalue weighted by Gasteiger charge is -2.57. The fourth-order valence-electron chi connectivity index (χ4n) is 6.37. The molecule has 4 saturated carbocycles. The average Bonchev–Trinajstić information content (AvgIpc) is 2.60. The first-order valence-corrected chi connectivity index (χ1v) is 10.5. The van der Waals surface area contributed by atoms with Gasteiger partial charge in [0.2, 0.25) is 0 Å². The molecule has 29 heavy (non-hydrogen) atoms. The Balaban J connectivity index is 1.41. The number of carbonyl (C=O) groups is 2. The molecule has 6 rings (SSSR count). The monoisotopic (exact) mass is 397 g/mol. The number of ether oxygens (including phenoxy) is 2. The van der Waals surface area contributed by atoms with Gasteiger partial charge in [0, 0.05) is 20.0 Å². The van der Waals surface area contributed by atoms with Crippen molar-refractivity contribution < 1.29 is 24.2 Å². The van der Waals surface area contributed by atoms with E-state index < -0.39 is 17.7 Å². The minimum absolute atomic E-state index is 0.0770. The van der Waals surface area contributed by atoms with Crippen LogP contribution in [-0.4, -0.2) is 22.8 Å². The molecule has 1 heterocycles. The Bertz CT molecular complexity index is 859. The Kier molecular flexibility index (Phi) is 3.99. The second kappa shape index (κ2) is 6.25. The Morgan fingerprint density at radius 3 is 2.10 bits per heavy atom. The highest BCUT2D eigenvalue weighted by Crippen LogP contribution is 2.61. The largest absolute Gasteiger partial charge is 0.506 e. The van der Waals surface area contributed by atoms with Gasteiger partial charge in [-0.3, -0.25) is 0 Å². The minimum Gasteiger partial charge on any atom is -0.506 e. The van der Waals surface area contributed by atoms with E-state index >= 15 is 0 Å². The van der Waals surface area contributed by atoms with Crippen molar-refractivity contribution in [2.45, 2.75) is 63.6 Å². The summed E-state index contributed by atoms with van der Waals surface area (Å²) < 4.78 is 10.2. The molecule has 6 heteroatoms. The Hall–Kier alpha value is -2.50. The zero-order chi connectivity index (χ0) is 20.4. The zero-order valence-electron chi connectivity index (χ0n) is 16.9. The molecule has 0 radical (unpaired) electrons. The molecule has 1 aromatic carbocycles. The van der Waals surface area contributed by atoms with Crippen molar-refractivity contribution in [3.8, 4) is 5.75 Å². The van der Waals surface area contributed by atoms with Crippen LogP contribution in [0.15, 0.2) is 30.0 Å². The smallest absolute Gasteiger partial charge is 0.350 e. The molecule has 5 aliphatic rings. The maximum absolute atomic E-state index is 12.1. The molecule has 2 N–H and O–H groups in total. The predicted molar refractivity (Wildman–Crippen MR) is 106 cm³/mol. The molecule has 4 bridgehead atoms. The van der Waals surface area contributed by atoms with Crippen LogP contribution < -0.4 is 5.32 Å². The van der Waals surface area contributed by atoms with Crippen molar-refractivity contribution in [1.29, 1.82) is 0 Å². The van der Waals surface area contributed by atoms with Crippen LogP contribution in [0.25, 0.3) is 0 Å². The maximum atomic E-state index is 12.1. The molecule has 0 spiro atoms. The first-order valence-electron chi connectivity index (χ1n) is 10.5. The minimum atomic E-state index is -1.27. The van der Waals surface area contributed by atoms with Crippen molar-refractivity contribution >= 4 is 17.6 Å². The van der Waals surface area contributed by atoms with Crippen molar-refractivity contribution in [2.75, 3.05) is 5.32 Å². The number of nitrogens with one attached hydrogen (secondary N) is 1. The fourth-order valence-corrected chi connectivity index (χ4v) is 6.37. The molecule has 0 amide bonds. The molecule has 4 aliphatic carbocycles. The van der Waals surface area contributed by atoms with Crippen LogP contribution in [0, 0.1) is 17.8 Å². The normalized spacial score (nSPS) is 34.6. The lowest BCUT2D eigenvalue weighted by Crippen LogP contribution is -2.48. The first kappa shape index (κ1) is 18.5. The molecule has 0 unspecified atom stereocenters. The highest BCUT2D eigenvalue weighted by molar-refractivity contribution is 6.15. The molecular formula is C23H27NO5. The number of anilines is 1. The lowest BCUT2D eigenvalue weighted by molar-refractivity contribution is -0.222.